The molecule has 0 bridgehead atoms. The van der Waals surface area contributed by atoms with Crippen LogP contribution in [-0.2, 0) is 0 Å². The standard InChI is InChI=1S/C14H16F5NO/c15-9-10(16)12(18)14(13(19)11(9)17)21-6-5-20-7-8-3-1-2-4-8/h8,20H,1-7H2. The number of hydrogen-bond acceptors (Lipinski definition) is 2. The molecule has 7 heteroatoms. The fourth-order valence-corrected chi connectivity index (χ4v) is 2.46. The van der Waals surface area contributed by atoms with Crippen molar-refractivity contribution in [2.75, 3.05) is 19.7 Å². The highest BCUT2D eigenvalue weighted by Gasteiger charge is 2.26. The lowest BCUT2D eigenvalue weighted by molar-refractivity contribution is 0.259. The van der Waals surface area contributed by atoms with E-state index in [2.05, 4.69) is 10.1 Å². The van der Waals surface area contributed by atoms with Crippen LogP contribution in [0.15, 0.2) is 0 Å². The average Bonchev–Trinajstić information content (AvgIpc) is 2.99. The minimum Gasteiger partial charge on any atom is -0.486 e. The molecular formula is C14H16F5NO. The topological polar surface area (TPSA) is 21.3 Å². The molecule has 1 fully saturated rings. The van der Waals surface area contributed by atoms with Crippen molar-refractivity contribution in [3.63, 3.8) is 0 Å². The second-order valence-electron chi connectivity index (χ2n) is 5.10. The highest BCUT2D eigenvalue weighted by atomic mass is 19.2. The molecule has 1 saturated carbocycles. The molecule has 2 nitrogen and oxygen atoms in total. The molecule has 21 heavy (non-hydrogen) atoms. The van der Waals surface area contributed by atoms with Gasteiger partial charge < -0.3 is 10.1 Å². The van der Waals surface area contributed by atoms with Crippen LogP contribution < -0.4 is 10.1 Å². The fraction of sp³-hybridized carbons (Fsp3) is 0.571. The molecule has 0 aromatic heterocycles. The molecule has 1 aliphatic carbocycles. The van der Waals surface area contributed by atoms with E-state index in [4.69, 9.17) is 0 Å². The van der Waals surface area contributed by atoms with Crippen LogP contribution in [0.5, 0.6) is 5.75 Å². The maximum atomic E-state index is 13.3. The Morgan fingerprint density at radius 3 is 1.95 bits per heavy atom. The van der Waals surface area contributed by atoms with E-state index in [1.807, 2.05) is 0 Å². The van der Waals surface area contributed by atoms with E-state index in [9.17, 15) is 22.0 Å². The van der Waals surface area contributed by atoms with Gasteiger partial charge in [0.05, 0.1) is 0 Å². The van der Waals surface area contributed by atoms with Gasteiger partial charge in [0, 0.05) is 6.54 Å². The van der Waals surface area contributed by atoms with E-state index in [-0.39, 0.29) is 13.2 Å². The van der Waals surface area contributed by atoms with Crippen LogP contribution in [0, 0.1) is 35.0 Å². The first-order valence-electron chi connectivity index (χ1n) is 6.87. The second kappa shape index (κ2) is 7.06. The van der Waals surface area contributed by atoms with Crippen molar-refractivity contribution in [3.05, 3.63) is 29.1 Å². The van der Waals surface area contributed by atoms with Crippen LogP contribution in [0.2, 0.25) is 0 Å². The average molecular weight is 309 g/mol. The molecule has 1 aromatic rings. The number of benzene rings is 1. The Hall–Kier alpha value is -1.37. The maximum Gasteiger partial charge on any atom is 0.206 e. The summed E-state index contributed by atoms with van der Waals surface area (Å²) in [7, 11) is 0. The van der Waals surface area contributed by atoms with Gasteiger partial charge in [-0.25, -0.2) is 13.2 Å². The van der Waals surface area contributed by atoms with E-state index in [0.29, 0.717) is 5.92 Å². The lowest BCUT2D eigenvalue weighted by atomic mass is 10.1. The minimum absolute atomic E-state index is 0.176. The zero-order valence-electron chi connectivity index (χ0n) is 11.3. The molecule has 1 N–H and O–H groups in total. The highest BCUT2D eigenvalue weighted by molar-refractivity contribution is 5.29. The first-order chi connectivity index (χ1) is 10.0. The third-order valence-corrected chi connectivity index (χ3v) is 3.60. The summed E-state index contributed by atoms with van der Waals surface area (Å²) in [4.78, 5) is 0. The smallest absolute Gasteiger partial charge is 0.206 e. The predicted molar refractivity (Wildman–Crippen MR) is 66.6 cm³/mol. The first-order valence-corrected chi connectivity index (χ1v) is 6.87. The number of ether oxygens (including phenoxy) is 1. The summed E-state index contributed by atoms with van der Waals surface area (Å²) in [6.45, 7) is 0.863. The molecule has 0 spiro atoms. The number of hydrogen-bond donors (Lipinski definition) is 1. The maximum absolute atomic E-state index is 13.3. The summed E-state index contributed by atoms with van der Waals surface area (Å²) < 4.78 is 69.9. The molecule has 2 rings (SSSR count). The molecule has 0 heterocycles. The molecule has 1 aliphatic rings. The summed E-state index contributed by atoms with van der Waals surface area (Å²) in [5.74, 6) is -10.7. The summed E-state index contributed by atoms with van der Waals surface area (Å²) in [6, 6.07) is 0. The molecule has 0 unspecified atom stereocenters. The van der Waals surface area contributed by atoms with Gasteiger partial charge in [-0.2, -0.15) is 8.78 Å². The predicted octanol–water partition coefficient (Wildman–Crippen LogP) is 3.54. The minimum atomic E-state index is -2.18. The van der Waals surface area contributed by atoms with Gasteiger partial charge in [-0.05, 0) is 25.3 Å². The van der Waals surface area contributed by atoms with Gasteiger partial charge in [0.15, 0.2) is 5.75 Å². The molecule has 0 radical (unpaired) electrons. The second-order valence-corrected chi connectivity index (χ2v) is 5.10. The van der Waals surface area contributed by atoms with Crippen LogP contribution in [0.1, 0.15) is 25.7 Å². The van der Waals surface area contributed by atoms with Crippen molar-refractivity contribution >= 4 is 0 Å². The Labute approximate surface area is 119 Å². The Bertz CT molecular complexity index is 474. The van der Waals surface area contributed by atoms with Crippen LogP contribution in [-0.4, -0.2) is 19.7 Å². The molecule has 1 aromatic carbocycles. The van der Waals surface area contributed by atoms with Crippen LogP contribution in [0.3, 0.4) is 0 Å². The van der Waals surface area contributed by atoms with Crippen LogP contribution in [0.4, 0.5) is 22.0 Å². The van der Waals surface area contributed by atoms with Crippen LogP contribution >= 0.6 is 0 Å². The van der Waals surface area contributed by atoms with Gasteiger partial charge in [0.1, 0.15) is 6.61 Å². The molecule has 0 atom stereocenters. The molecular weight excluding hydrogens is 293 g/mol. The van der Waals surface area contributed by atoms with Crippen molar-refractivity contribution in [1.82, 2.24) is 5.32 Å². The van der Waals surface area contributed by atoms with E-state index in [1.54, 1.807) is 0 Å². The van der Waals surface area contributed by atoms with E-state index >= 15 is 0 Å². The van der Waals surface area contributed by atoms with E-state index in [1.165, 1.54) is 12.8 Å². The Balaban J connectivity index is 1.85. The van der Waals surface area contributed by atoms with Crippen LogP contribution in [0.25, 0.3) is 0 Å². The zero-order valence-corrected chi connectivity index (χ0v) is 11.3. The normalized spacial score (nSPS) is 15.7. The van der Waals surface area contributed by atoms with Crippen molar-refractivity contribution in [2.45, 2.75) is 25.7 Å². The third kappa shape index (κ3) is 3.64. The summed E-state index contributed by atoms with van der Waals surface area (Å²) in [6.07, 6.45) is 4.69. The third-order valence-electron chi connectivity index (χ3n) is 3.60. The molecule has 0 saturated heterocycles. The van der Waals surface area contributed by atoms with E-state index in [0.717, 1.165) is 19.4 Å². The zero-order chi connectivity index (χ0) is 15.4. The number of halogens is 5. The molecule has 0 amide bonds. The largest absolute Gasteiger partial charge is 0.486 e. The number of rotatable bonds is 6. The monoisotopic (exact) mass is 309 g/mol. The van der Waals surface area contributed by atoms with Crippen molar-refractivity contribution in [1.29, 1.82) is 0 Å². The SMILES string of the molecule is Fc1c(F)c(F)c(OCCNCC2CCCC2)c(F)c1F. The van der Waals surface area contributed by atoms with Gasteiger partial charge in [-0.1, -0.05) is 12.8 Å². The molecule has 0 aliphatic heterocycles. The summed E-state index contributed by atoms with van der Waals surface area (Å²) in [5.41, 5.74) is 0. The Morgan fingerprint density at radius 2 is 1.38 bits per heavy atom. The Morgan fingerprint density at radius 1 is 0.857 bits per heavy atom. The van der Waals surface area contributed by atoms with Crippen molar-refractivity contribution < 1.29 is 26.7 Å². The quantitative estimate of drug-likeness (QED) is 0.376. The summed E-state index contributed by atoms with van der Waals surface area (Å²) >= 11 is 0. The number of nitrogens with one attached hydrogen (secondary N) is 1. The van der Waals surface area contributed by atoms with E-state index < -0.39 is 34.8 Å². The highest BCUT2D eigenvalue weighted by Crippen LogP contribution is 2.29. The van der Waals surface area contributed by atoms with Gasteiger partial charge in [-0.15, -0.1) is 0 Å². The van der Waals surface area contributed by atoms with Gasteiger partial charge in [0.25, 0.3) is 0 Å². The van der Waals surface area contributed by atoms with Crippen molar-refractivity contribution in [3.8, 4) is 5.75 Å². The Kier molecular flexibility index (Phi) is 5.39. The lowest BCUT2D eigenvalue weighted by Crippen LogP contribution is -2.26. The van der Waals surface area contributed by atoms with Gasteiger partial charge in [0.2, 0.25) is 29.1 Å². The van der Waals surface area contributed by atoms with Gasteiger partial charge in [-0.3, -0.25) is 0 Å². The lowest BCUT2D eigenvalue weighted by Gasteiger charge is -2.12. The van der Waals surface area contributed by atoms with Gasteiger partial charge >= 0.3 is 0 Å². The first kappa shape index (κ1) is 16.0. The molecule has 118 valence electrons. The van der Waals surface area contributed by atoms with Crippen molar-refractivity contribution in [2.24, 2.45) is 5.92 Å². The summed E-state index contributed by atoms with van der Waals surface area (Å²) in [5, 5.41) is 3.05. The fourth-order valence-electron chi connectivity index (χ4n) is 2.46.